The lowest BCUT2D eigenvalue weighted by Gasteiger charge is -2.15. The zero-order chi connectivity index (χ0) is 23.1. The van der Waals surface area contributed by atoms with Crippen molar-refractivity contribution in [2.45, 2.75) is 20.5 Å². The Morgan fingerprint density at radius 3 is 2.59 bits per heavy atom. The fourth-order valence-corrected chi connectivity index (χ4v) is 4.20. The number of benzene rings is 3. The molecule has 166 valence electrons. The number of amides is 1. The van der Waals surface area contributed by atoms with Crippen LogP contribution in [0.15, 0.2) is 64.2 Å². The molecule has 0 spiro atoms. The Morgan fingerprint density at radius 1 is 1.16 bits per heavy atom. The lowest BCUT2D eigenvalue weighted by Crippen LogP contribution is -2.18. The number of carbonyl (C=O) groups is 1. The monoisotopic (exact) mass is 626 g/mol. The molecular formula is C24H21BrClIN2O3. The van der Waals surface area contributed by atoms with E-state index in [-0.39, 0.29) is 5.91 Å². The van der Waals surface area contributed by atoms with Crippen molar-refractivity contribution in [1.82, 2.24) is 5.43 Å². The van der Waals surface area contributed by atoms with Gasteiger partial charge in [0.25, 0.3) is 5.91 Å². The van der Waals surface area contributed by atoms with Crippen LogP contribution in [-0.4, -0.2) is 18.7 Å². The van der Waals surface area contributed by atoms with E-state index in [1.165, 1.54) is 0 Å². The van der Waals surface area contributed by atoms with Crippen molar-refractivity contribution < 1.29 is 14.3 Å². The highest BCUT2D eigenvalue weighted by molar-refractivity contribution is 14.1. The highest BCUT2D eigenvalue weighted by Gasteiger charge is 2.13. The van der Waals surface area contributed by atoms with E-state index in [0.29, 0.717) is 35.3 Å². The first-order valence-corrected chi connectivity index (χ1v) is 12.1. The molecule has 0 aliphatic rings. The van der Waals surface area contributed by atoms with E-state index in [9.17, 15) is 4.79 Å². The molecule has 8 heteroatoms. The molecule has 5 nitrogen and oxygen atoms in total. The van der Waals surface area contributed by atoms with Gasteiger partial charge in [0.1, 0.15) is 6.61 Å². The topological polar surface area (TPSA) is 59.9 Å². The van der Waals surface area contributed by atoms with Crippen molar-refractivity contribution in [2.24, 2.45) is 5.10 Å². The van der Waals surface area contributed by atoms with Crippen LogP contribution in [-0.2, 0) is 6.61 Å². The standard InChI is InChI=1S/C24H21BrClIN2O3/c1-3-31-22-12-17(13-28-29-24(30)19-9-4-15(2)10-20(19)26)11-21(27)23(22)32-14-16-5-7-18(25)8-6-16/h4-13H,3,14H2,1-2H3,(H,29,30)/b28-13-. The van der Waals surface area contributed by atoms with Gasteiger partial charge in [-0.1, -0.05) is 45.7 Å². The Bertz CT molecular complexity index is 1140. The molecule has 32 heavy (non-hydrogen) atoms. The molecular weight excluding hydrogens is 607 g/mol. The number of aryl methyl sites for hydroxylation is 1. The third-order valence-electron chi connectivity index (χ3n) is 4.38. The van der Waals surface area contributed by atoms with Crippen LogP contribution in [0.1, 0.15) is 34.0 Å². The maximum atomic E-state index is 12.3. The number of hydrazone groups is 1. The van der Waals surface area contributed by atoms with Crippen LogP contribution < -0.4 is 14.9 Å². The summed E-state index contributed by atoms with van der Waals surface area (Å²) < 4.78 is 13.7. The molecule has 0 atom stereocenters. The summed E-state index contributed by atoms with van der Waals surface area (Å²) in [6.07, 6.45) is 1.56. The second kappa shape index (κ2) is 11.7. The van der Waals surface area contributed by atoms with Crippen molar-refractivity contribution in [1.29, 1.82) is 0 Å². The number of hydrogen-bond acceptors (Lipinski definition) is 4. The van der Waals surface area contributed by atoms with E-state index in [4.69, 9.17) is 21.1 Å². The van der Waals surface area contributed by atoms with E-state index in [0.717, 1.165) is 24.7 Å². The molecule has 3 aromatic rings. The molecule has 1 amide bonds. The predicted octanol–water partition coefficient (Wildman–Crippen LogP) is 6.76. The Kier molecular flexibility index (Phi) is 8.95. The average Bonchev–Trinajstić information content (AvgIpc) is 2.74. The fourth-order valence-electron chi connectivity index (χ4n) is 2.83. The molecule has 0 heterocycles. The lowest BCUT2D eigenvalue weighted by atomic mass is 10.1. The molecule has 1 N–H and O–H groups in total. The van der Waals surface area contributed by atoms with Gasteiger partial charge in [-0.25, -0.2) is 5.43 Å². The second-order valence-corrected chi connectivity index (χ2v) is 9.35. The van der Waals surface area contributed by atoms with Crippen molar-refractivity contribution >= 4 is 62.2 Å². The number of hydrogen-bond donors (Lipinski definition) is 1. The van der Waals surface area contributed by atoms with Crippen molar-refractivity contribution in [3.63, 3.8) is 0 Å². The van der Waals surface area contributed by atoms with Crippen LogP contribution in [0.5, 0.6) is 11.5 Å². The molecule has 0 saturated heterocycles. The first kappa shape index (κ1) is 24.5. The van der Waals surface area contributed by atoms with Gasteiger partial charge in [-0.15, -0.1) is 0 Å². The fraction of sp³-hybridized carbons (Fsp3) is 0.167. The quantitative estimate of drug-likeness (QED) is 0.171. The number of nitrogens with zero attached hydrogens (tertiary/aromatic N) is 1. The minimum absolute atomic E-state index is 0.371. The summed E-state index contributed by atoms with van der Waals surface area (Å²) in [7, 11) is 0. The highest BCUT2D eigenvalue weighted by Crippen LogP contribution is 2.34. The Balaban J connectivity index is 1.72. The second-order valence-electron chi connectivity index (χ2n) is 6.86. The Morgan fingerprint density at radius 2 is 1.91 bits per heavy atom. The third kappa shape index (κ3) is 6.70. The van der Waals surface area contributed by atoms with Gasteiger partial charge in [-0.2, -0.15) is 5.10 Å². The molecule has 3 aromatic carbocycles. The van der Waals surface area contributed by atoms with Crippen LogP contribution in [0.2, 0.25) is 5.02 Å². The lowest BCUT2D eigenvalue weighted by molar-refractivity contribution is 0.0955. The molecule has 0 fully saturated rings. The van der Waals surface area contributed by atoms with Gasteiger partial charge in [0.05, 0.1) is 27.0 Å². The number of halogens is 3. The minimum atomic E-state index is -0.375. The van der Waals surface area contributed by atoms with Crippen LogP contribution in [0, 0.1) is 10.5 Å². The van der Waals surface area contributed by atoms with Gasteiger partial charge >= 0.3 is 0 Å². The number of carbonyl (C=O) groups excluding carboxylic acids is 1. The summed E-state index contributed by atoms with van der Waals surface area (Å²) >= 11 is 11.8. The number of ether oxygens (including phenoxy) is 2. The highest BCUT2D eigenvalue weighted by atomic mass is 127. The third-order valence-corrected chi connectivity index (χ3v) is 6.02. The zero-order valence-electron chi connectivity index (χ0n) is 17.5. The minimum Gasteiger partial charge on any atom is -0.490 e. The van der Waals surface area contributed by atoms with E-state index in [1.807, 2.05) is 56.3 Å². The van der Waals surface area contributed by atoms with Crippen molar-refractivity contribution in [3.05, 3.63) is 89.9 Å². The summed E-state index contributed by atoms with van der Waals surface area (Å²) in [5.74, 6) is 0.911. The van der Waals surface area contributed by atoms with Crippen LogP contribution >= 0.6 is 50.1 Å². The first-order chi connectivity index (χ1) is 15.4. The summed E-state index contributed by atoms with van der Waals surface area (Å²) in [5, 5.41) is 4.46. The van der Waals surface area contributed by atoms with Gasteiger partial charge in [0, 0.05) is 4.47 Å². The average molecular weight is 628 g/mol. The van der Waals surface area contributed by atoms with Gasteiger partial charge < -0.3 is 9.47 Å². The van der Waals surface area contributed by atoms with Gasteiger partial charge in [-0.3, -0.25) is 4.79 Å². The summed E-state index contributed by atoms with van der Waals surface area (Å²) in [6, 6.07) is 16.9. The maximum Gasteiger partial charge on any atom is 0.272 e. The molecule has 0 aliphatic carbocycles. The van der Waals surface area contributed by atoms with Crippen LogP contribution in [0.3, 0.4) is 0 Å². The molecule has 3 rings (SSSR count). The largest absolute Gasteiger partial charge is 0.490 e. The van der Waals surface area contributed by atoms with E-state index >= 15 is 0 Å². The van der Waals surface area contributed by atoms with Crippen molar-refractivity contribution in [3.8, 4) is 11.5 Å². The molecule has 0 bridgehead atoms. The summed E-state index contributed by atoms with van der Waals surface area (Å²) in [4.78, 5) is 12.3. The van der Waals surface area contributed by atoms with Gasteiger partial charge in [0.2, 0.25) is 0 Å². The number of rotatable bonds is 8. The summed E-state index contributed by atoms with van der Waals surface area (Å²) in [5.41, 5.74) is 5.68. The van der Waals surface area contributed by atoms with E-state index < -0.39 is 0 Å². The molecule has 0 unspecified atom stereocenters. The smallest absolute Gasteiger partial charge is 0.272 e. The molecule has 0 radical (unpaired) electrons. The van der Waals surface area contributed by atoms with E-state index in [2.05, 4.69) is 49.0 Å². The first-order valence-electron chi connectivity index (χ1n) is 9.80. The van der Waals surface area contributed by atoms with Crippen LogP contribution in [0.25, 0.3) is 0 Å². The van der Waals surface area contributed by atoms with Crippen molar-refractivity contribution in [2.75, 3.05) is 6.61 Å². The van der Waals surface area contributed by atoms with Gasteiger partial charge in [-0.05, 0) is 89.5 Å². The maximum absolute atomic E-state index is 12.3. The van der Waals surface area contributed by atoms with E-state index in [1.54, 1.807) is 18.3 Å². The molecule has 0 aromatic heterocycles. The summed E-state index contributed by atoms with van der Waals surface area (Å²) in [6.45, 7) is 4.74. The zero-order valence-corrected chi connectivity index (χ0v) is 22.0. The predicted molar refractivity (Wildman–Crippen MR) is 140 cm³/mol. The molecule has 0 saturated carbocycles. The molecule has 0 aliphatic heterocycles. The van der Waals surface area contributed by atoms with Gasteiger partial charge in [0.15, 0.2) is 11.5 Å². The Hall–Kier alpha value is -2.10. The number of nitrogens with one attached hydrogen (secondary N) is 1. The Labute approximate surface area is 214 Å². The SMILES string of the molecule is CCOc1cc(/C=N\NC(=O)c2ccc(C)cc2Cl)cc(I)c1OCc1ccc(Br)cc1. The normalized spacial score (nSPS) is 10.9. The van der Waals surface area contributed by atoms with Crippen LogP contribution in [0.4, 0.5) is 0 Å².